The lowest BCUT2D eigenvalue weighted by molar-refractivity contribution is 0.0984. The van der Waals surface area contributed by atoms with Gasteiger partial charge in [-0.3, -0.25) is 4.79 Å². The number of benzene rings is 1. The summed E-state index contributed by atoms with van der Waals surface area (Å²) in [5.41, 5.74) is 6.80. The number of rotatable bonds is 3. The van der Waals surface area contributed by atoms with Gasteiger partial charge in [-0.05, 0) is 19.1 Å². The maximum Gasteiger partial charge on any atom is 0.277 e. The molecule has 0 fully saturated rings. The third kappa shape index (κ3) is 2.45. The highest BCUT2D eigenvalue weighted by atomic mass is 32.1. The van der Waals surface area contributed by atoms with Crippen LogP contribution in [0.1, 0.15) is 17.4 Å². The van der Waals surface area contributed by atoms with E-state index in [0.717, 1.165) is 5.69 Å². The zero-order valence-corrected chi connectivity index (χ0v) is 10.3. The number of aromatic nitrogens is 1. The maximum atomic E-state index is 12.2. The van der Waals surface area contributed by atoms with Crippen LogP contribution in [0.25, 0.3) is 0 Å². The number of amides is 1. The number of nitrogens with two attached hydrogens (primary N) is 1. The van der Waals surface area contributed by atoms with Crippen molar-refractivity contribution in [3.05, 3.63) is 41.4 Å². The third-order valence-corrected chi connectivity index (χ3v) is 3.04. The van der Waals surface area contributed by atoms with E-state index in [0.29, 0.717) is 17.4 Å². The van der Waals surface area contributed by atoms with Crippen LogP contribution in [0.4, 0.5) is 10.8 Å². The number of para-hydroxylation sites is 1. The fraction of sp³-hybridized carbons (Fsp3) is 0.167. The molecule has 1 aromatic carbocycles. The lowest BCUT2D eigenvalue weighted by atomic mass is 10.2. The minimum atomic E-state index is -0.119. The van der Waals surface area contributed by atoms with Gasteiger partial charge in [-0.2, -0.15) is 0 Å². The fourth-order valence-corrected chi connectivity index (χ4v) is 2.11. The first-order valence-electron chi connectivity index (χ1n) is 5.30. The van der Waals surface area contributed by atoms with Crippen molar-refractivity contribution < 1.29 is 4.79 Å². The summed E-state index contributed by atoms with van der Waals surface area (Å²) >= 11 is 1.27. The smallest absolute Gasteiger partial charge is 0.277 e. The summed E-state index contributed by atoms with van der Waals surface area (Å²) in [6.45, 7) is 2.53. The minimum absolute atomic E-state index is 0.119. The number of carbonyl (C=O) groups excluding carboxylic acids is 1. The van der Waals surface area contributed by atoms with Gasteiger partial charge in [0.25, 0.3) is 5.91 Å². The second kappa shape index (κ2) is 4.97. The highest BCUT2D eigenvalue weighted by Crippen LogP contribution is 2.18. The summed E-state index contributed by atoms with van der Waals surface area (Å²) < 4.78 is 0. The van der Waals surface area contributed by atoms with Gasteiger partial charge in [-0.25, -0.2) is 4.98 Å². The largest absolute Gasteiger partial charge is 0.375 e. The van der Waals surface area contributed by atoms with Crippen molar-refractivity contribution in [2.45, 2.75) is 6.92 Å². The van der Waals surface area contributed by atoms with E-state index in [2.05, 4.69) is 4.98 Å². The van der Waals surface area contributed by atoms with E-state index >= 15 is 0 Å². The number of nitrogen functional groups attached to an aromatic ring is 1. The van der Waals surface area contributed by atoms with Gasteiger partial charge in [0.1, 0.15) is 5.69 Å². The molecular weight excluding hydrogens is 234 g/mol. The van der Waals surface area contributed by atoms with Crippen molar-refractivity contribution in [2.24, 2.45) is 0 Å². The number of hydrogen-bond donors (Lipinski definition) is 1. The summed E-state index contributed by atoms with van der Waals surface area (Å²) in [4.78, 5) is 17.9. The second-order valence-corrected chi connectivity index (χ2v) is 4.35. The van der Waals surface area contributed by atoms with Crippen LogP contribution in [0.15, 0.2) is 35.7 Å². The monoisotopic (exact) mass is 247 g/mol. The molecule has 0 unspecified atom stereocenters. The molecule has 1 heterocycles. The van der Waals surface area contributed by atoms with E-state index in [1.807, 2.05) is 37.3 Å². The minimum Gasteiger partial charge on any atom is -0.375 e. The molecule has 88 valence electrons. The van der Waals surface area contributed by atoms with Crippen LogP contribution in [-0.4, -0.2) is 17.4 Å². The average Bonchev–Trinajstić information content (AvgIpc) is 2.78. The van der Waals surface area contributed by atoms with E-state index in [9.17, 15) is 4.79 Å². The third-order valence-electron chi connectivity index (χ3n) is 2.37. The lowest BCUT2D eigenvalue weighted by Gasteiger charge is -2.19. The number of thiazole rings is 1. The normalized spacial score (nSPS) is 10.2. The van der Waals surface area contributed by atoms with Crippen molar-refractivity contribution in [1.29, 1.82) is 0 Å². The lowest BCUT2D eigenvalue weighted by Crippen LogP contribution is -2.30. The van der Waals surface area contributed by atoms with Crippen LogP contribution in [0.2, 0.25) is 0 Å². The van der Waals surface area contributed by atoms with E-state index in [4.69, 9.17) is 5.73 Å². The molecule has 0 radical (unpaired) electrons. The summed E-state index contributed by atoms with van der Waals surface area (Å²) in [6, 6.07) is 9.53. The summed E-state index contributed by atoms with van der Waals surface area (Å²) in [7, 11) is 0. The van der Waals surface area contributed by atoms with Crippen molar-refractivity contribution in [2.75, 3.05) is 17.2 Å². The van der Waals surface area contributed by atoms with Gasteiger partial charge in [-0.1, -0.05) is 18.2 Å². The Hall–Kier alpha value is -1.88. The molecule has 4 nitrogen and oxygen atoms in total. The molecule has 17 heavy (non-hydrogen) atoms. The molecule has 0 saturated carbocycles. The Kier molecular flexibility index (Phi) is 3.39. The SMILES string of the molecule is CCN(C(=O)c1csc(N)n1)c1ccccc1. The molecule has 2 aromatic rings. The Morgan fingerprint density at radius 1 is 1.41 bits per heavy atom. The molecule has 2 rings (SSSR count). The fourth-order valence-electron chi connectivity index (χ4n) is 1.58. The van der Waals surface area contributed by atoms with Gasteiger partial charge in [0.15, 0.2) is 5.13 Å². The number of anilines is 2. The molecule has 0 bridgehead atoms. The molecule has 0 aliphatic rings. The molecule has 0 aliphatic carbocycles. The van der Waals surface area contributed by atoms with Gasteiger partial charge >= 0.3 is 0 Å². The summed E-state index contributed by atoms with van der Waals surface area (Å²) in [5.74, 6) is -0.119. The molecule has 1 amide bonds. The van der Waals surface area contributed by atoms with Crippen LogP contribution in [0.3, 0.4) is 0 Å². The van der Waals surface area contributed by atoms with Gasteiger partial charge in [0.2, 0.25) is 0 Å². The van der Waals surface area contributed by atoms with Crippen molar-refractivity contribution in [3.8, 4) is 0 Å². The molecule has 0 aliphatic heterocycles. The van der Waals surface area contributed by atoms with E-state index in [1.165, 1.54) is 11.3 Å². The predicted octanol–water partition coefficient (Wildman–Crippen LogP) is 2.39. The van der Waals surface area contributed by atoms with Gasteiger partial charge in [0.05, 0.1) is 0 Å². The first-order chi connectivity index (χ1) is 8.22. The summed E-state index contributed by atoms with van der Waals surface area (Å²) in [6.07, 6.45) is 0. The van der Waals surface area contributed by atoms with E-state index < -0.39 is 0 Å². The molecule has 0 saturated heterocycles. The number of hydrogen-bond acceptors (Lipinski definition) is 4. The Labute approximate surface area is 104 Å². The van der Waals surface area contributed by atoms with E-state index in [1.54, 1.807) is 10.3 Å². The standard InChI is InChI=1S/C12H13N3OS/c1-2-15(9-6-4-3-5-7-9)11(16)10-8-17-12(13)14-10/h3-8H,2H2,1H3,(H2,13,14). The average molecular weight is 247 g/mol. The quantitative estimate of drug-likeness (QED) is 0.906. The Balaban J connectivity index is 2.28. The zero-order chi connectivity index (χ0) is 12.3. The van der Waals surface area contributed by atoms with Crippen LogP contribution in [-0.2, 0) is 0 Å². The molecule has 2 N–H and O–H groups in total. The second-order valence-electron chi connectivity index (χ2n) is 3.46. The Morgan fingerprint density at radius 2 is 2.12 bits per heavy atom. The van der Waals surface area contributed by atoms with Crippen molar-refractivity contribution in [3.63, 3.8) is 0 Å². The zero-order valence-electron chi connectivity index (χ0n) is 9.46. The summed E-state index contributed by atoms with van der Waals surface area (Å²) in [5, 5.41) is 2.10. The molecule has 0 atom stereocenters. The molecule has 1 aromatic heterocycles. The van der Waals surface area contributed by atoms with Gasteiger partial charge in [0, 0.05) is 17.6 Å². The van der Waals surface area contributed by atoms with Crippen LogP contribution in [0.5, 0.6) is 0 Å². The van der Waals surface area contributed by atoms with Crippen LogP contribution < -0.4 is 10.6 Å². The molecular formula is C12H13N3OS. The van der Waals surface area contributed by atoms with Crippen LogP contribution in [0, 0.1) is 0 Å². The van der Waals surface area contributed by atoms with Crippen LogP contribution >= 0.6 is 11.3 Å². The van der Waals surface area contributed by atoms with Gasteiger partial charge in [-0.15, -0.1) is 11.3 Å². The predicted molar refractivity (Wildman–Crippen MR) is 70.3 cm³/mol. The highest BCUT2D eigenvalue weighted by molar-refractivity contribution is 7.13. The Morgan fingerprint density at radius 3 is 2.65 bits per heavy atom. The van der Waals surface area contributed by atoms with Gasteiger partial charge < -0.3 is 10.6 Å². The number of carbonyl (C=O) groups is 1. The molecule has 5 heteroatoms. The number of nitrogens with zero attached hydrogens (tertiary/aromatic N) is 2. The first-order valence-corrected chi connectivity index (χ1v) is 6.18. The molecule has 0 spiro atoms. The van der Waals surface area contributed by atoms with Crippen molar-refractivity contribution in [1.82, 2.24) is 4.98 Å². The Bertz CT molecular complexity index is 509. The van der Waals surface area contributed by atoms with Crippen molar-refractivity contribution >= 4 is 28.1 Å². The maximum absolute atomic E-state index is 12.2. The highest BCUT2D eigenvalue weighted by Gasteiger charge is 2.18. The topological polar surface area (TPSA) is 59.2 Å². The first kappa shape index (κ1) is 11.6. The van der Waals surface area contributed by atoms with E-state index in [-0.39, 0.29) is 5.91 Å².